The molecule has 2 atom stereocenters. The second kappa shape index (κ2) is 11.4. The van der Waals surface area contributed by atoms with Gasteiger partial charge in [-0.2, -0.15) is 0 Å². The molecule has 0 radical (unpaired) electrons. The first-order valence-electron chi connectivity index (χ1n) is 13.5. The van der Waals surface area contributed by atoms with Crippen LogP contribution < -0.4 is 14.2 Å². The molecule has 0 spiro atoms. The summed E-state index contributed by atoms with van der Waals surface area (Å²) in [6.45, 7) is 6.94. The quantitative estimate of drug-likeness (QED) is 0.218. The van der Waals surface area contributed by atoms with Crippen molar-refractivity contribution in [1.82, 2.24) is 9.88 Å². The Labute approximate surface area is 234 Å². The van der Waals surface area contributed by atoms with Gasteiger partial charge >= 0.3 is 0 Å². The molecule has 208 valence electrons. The van der Waals surface area contributed by atoms with Crippen molar-refractivity contribution < 1.29 is 28.9 Å². The Morgan fingerprint density at radius 1 is 1.10 bits per heavy atom. The normalized spacial score (nSPS) is 19.6. The van der Waals surface area contributed by atoms with E-state index in [4.69, 9.17) is 14.2 Å². The van der Waals surface area contributed by atoms with Crippen molar-refractivity contribution in [1.29, 1.82) is 0 Å². The van der Waals surface area contributed by atoms with Crippen molar-refractivity contribution >= 4 is 17.4 Å². The van der Waals surface area contributed by atoms with Crippen LogP contribution in [0, 0.1) is 5.92 Å². The number of nitrogens with zero attached hydrogens (tertiary/aromatic N) is 2. The molecular weight excluding hydrogens is 508 g/mol. The third-order valence-electron chi connectivity index (χ3n) is 7.27. The van der Waals surface area contributed by atoms with Gasteiger partial charge in [-0.1, -0.05) is 19.9 Å². The minimum Gasteiger partial charge on any atom is -0.507 e. The number of Topliss-reactive ketones (excluding diaryl/α,β-unsaturated/α-hetero) is 1. The van der Waals surface area contributed by atoms with E-state index in [2.05, 4.69) is 18.8 Å². The summed E-state index contributed by atoms with van der Waals surface area (Å²) >= 11 is 0. The summed E-state index contributed by atoms with van der Waals surface area (Å²) in [7, 11) is 1.55. The van der Waals surface area contributed by atoms with Gasteiger partial charge in [0.05, 0.1) is 25.3 Å². The van der Waals surface area contributed by atoms with Gasteiger partial charge in [-0.15, -0.1) is 0 Å². The van der Waals surface area contributed by atoms with Gasteiger partial charge in [0, 0.05) is 30.9 Å². The zero-order chi connectivity index (χ0) is 28.4. The van der Waals surface area contributed by atoms with E-state index < -0.39 is 17.7 Å². The number of hydrogen-bond acceptors (Lipinski definition) is 7. The number of fused-ring (bicyclic) bond motifs is 1. The van der Waals surface area contributed by atoms with E-state index in [0.717, 1.165) is 23.3 Å². The second-order valence-electron chi connectivity index (χ2n) is 10.7. The lowest BCUT2D eigenvalue weighted by Gasteiger charge is -2.26. The Morgan fingerprint density at radius 2 is 1.88 bits per heavy atom. The number of rotatable bonds is 9. The maximum atomic E-state index is 13.5. The van der Waals surface area contributed by atoms with E-state index in [-0.39, 0.29) is 24.0 Å². The minimum atomic E-state index is -0.838. The molecule has 2 aliphatic heterocycles. The largest absolute Gasteiger partial charge is 0.507 e. The van der Waals surface area contributed by atoms with Crippen molar-refractivity contribution in [2.75, 3.05) is 13.7 Å². The fraction of sp³-hybridized carbons (Fsp3) is 0.344. The second-order valence-corrected chi connectivity index (χ2v) is 10.7. The topological polar surface area (TPSA) is 98.2 Å². The summed E-state index contributed by atoms with van der Waals surface area (Å²) < 4.78 is 17.4. The molecule has 40 heavy (non-hydrogen) atoms. The van der Waals surface area contributed by atoms with Gasteiger partial charge in [-0.05, 0) is 78.4 Å². The van der Waals surface area contributed by atoms with Crippen molar-refractivity contribution in [3.05, 3.63) is 88.8 Å². The number of carbonyl (C=O) groups is 2. The average Bonchev–Trinajstić information content (AvgIpc) is 3.44. The van der Waals surface area contributed by atoms with E-state index in [9.17, 15) is 14.7 Å². The first kappa shape index (κ1) is 27.2. The number of amides is 1. The molecule has 1 fully saturated rings. The predicted molar refractivity (Wildman–Crippen MR) is 150 cm³/mol. The highest BCUT2D eigenvalue weighted by molar-refractivity contribution is 6.46. The van der Waals surface area contributed by atoms with Gasteiger partial charge in [0.1, 0.15) is 17.6 Å². The fourth-order valence-corrected chi connectivity index (χ4v) is 5.18. The predicted octanol–water partition coefficient (Wildman–Crippen LogP) is 5.46. The summed E-state index contributed by atoms with van der Waals surface area (Å²) in [4.78, 5) is 32.5. The third kappa shape index (κ3) is 5.39. The standard InChI is InChI=1S/C32H34N2O6/c1-19(2)11-14-39-26-8-5-22(17-27(26)38-4)29-28(30(35)23-6-7-25-24(16-23)15-20(3)40-25)31(36)32(37)34(29)18-21-9-12-33-13-10-21/h5-10,12-13,16-17,19-20,29,35H,11,14-15,18H2,1-4H3/t20-,29+/m1/s1. The molecule has 2 aromatic carbocycles. The molecule has 3 heterocycles. The number of ether oxygens (including phenoxy) is 3. The van der Waals surface area contributed by atoms with Crippen LogP contribution in [0.4, 0.5) is 0 Å². The summed E-state index contributed by atoms with van der Waals surface area (Å²) in [5, 5.41) is 11.5. The molecule has 0 bridgehead atoms. The molecular formula is C32H34N2O6. The Bertz CT molecular complexity index is 1450. The van der Waals surface area contributed by atoms with Gasteiger partial charge in [0.15, 0.2) is 11.5 Å². The Balaban J connectivity index is 1.59. The number of pyridine rings is 1. The maximum absolute atomic E-state index is 13.5. The van der Waals surface area contributed by atoms with Crippen LogP contribution in [0.25, 0.3) is 5.76 Å². The van der Waals surface area contributed by atoms with Gasteiger partial charge < -0.3 is 24.2 Å². The van der Waals surface area contributed by atoms with Crippen molar-refractivity contribution in [2.45, 2.75) is 52.3 Å². The lowest BCUT2D eigenvalue weighted by Crippen LogP contribution is -2.29. The molecule has 8 nitrogen and oxygen atoms in total. The minimum absolute atomic E-state index is 0.0292. The molecule has 3 aromatic rings. The van der Waals surface area contributed by atoms with E-state index in [1.54, 1.807) is 55.9 Å². The SMILES string of the molecule is COc1cc([C@H]2C(=C(O)c3ccc4c(c3)C[C@@H](C)O4)C(=O)C(=O)N2Cc2ccncc2)ccc1OCCC(C)C. The van der Waals surface area contributed by atoms with Crippen LogP contribution in [0.1, 0.15) is 55.5 Å². The Hall–Kier alpha value is -4.33. The molecule has 1 saturated heterocycles. The molecule has 1 aromatic heterocycles. The highest BCUT2D eigenvalue weighted by Crippen LogP contribution is 2.43. The number of aliphatic hydroxyl groups excluding tert-OH is 1. The van der Waals surface area contributed by atoms with Crippen LogP contribution >= 0.6 is 0 Å². The van der Waals surface area contributed by atoms with E-state index >= 15 is 0 Å². The van der Waals surface area contributed by atoms with Crippen LogP contribution in [-0.4, -0.2) is 46.5 Å². The summed E-state index contributed by atoms with van der Waals surface area (Å²) in [6.07, 6.45) is 4.90. The Morgan fingerprint density at radius 3 is 2.60 bits per heavy atom. The number of aliphatic hydroxyl groups is 1. The molecule has 0 unspecified atom stereocenters. The van der Waals surface area contributed by atoms with Crippen molar-refractivity contribution in [2.24, 2.45) is 5.92 Å². The van der Waals surface area contributed by atoms with Crippen LogP contribution in [0.2, 0.25) is 0 Å². The highest BCUT2D eigenvalue weighted by atomic mass is 16.5. The number of aromatic nitrogens is 1. The van der Waals surface area contributed by atoms with E-state index in [1.807, 2.05) is 19.1 Å². The zero-order valence-electron chi connectivity index (χ0n) is 23.2. The number of likely N-dealkylation sites (tertiary alicyclic amines) is 1. The monoisotopic (exact) mass is 542 g/mol. The molecule has 5 rings (SSSR count). The van der Waals surface area contributed by atoms with E-state index in [0.29, 0.717) is 41.6 Å². The number of hydrogen-bond donors (Lipinski definition) is 1. The molecule has 0 saturated carbocycles. The maximum Gasteiger partial charge on any atom is 0.295 e. The van der Waals surface area contributed by atoms with Crippen molar-refractivity contribution in [3.63, 3.8) is 0 Å². The van der Waals surface area contributed by atoms with Crippen LogP contribution in [0.5, 0.6) is 17.2 Å². The number of methoxy groups -OCH3 is 1. The number of carbonyl (C=O) groups excluding carboxylic acids is 2. The lowest BCUT2D eigenvalue weighted by atomic mass is 9.94. The zero-order valence-corrected chi connectivity index (χ0v) is 23.2. The van der Waals surface area contributed by atoms with Gasteiger partial charge in [0.2, 0.25) is 0 Å². The number of ketones is 1. The smallest absolute Gasteiger partial charge is 0.295 e. The van der Waals surface area contributed by atoms with Gasteiger partial charge in [0.25, 0.3) is 11.7 Å². The molecule has 0 aliphatic carbocycles. The molecule has 8 heteroatoms. The third-order valence-corrected chi connectivity index (χ3v) is 7.27. The van der Waals surface area contributed by atoms with E-state index in [1.165, 1.54) is 4.90 Å². The summed E-state index contributed by atoms with van der Waals surface area (Å²) in [5.41, 5.74) is 2.88. The molecule has 1 N–H and O–H groups in total. The number of benzene rings is 2. The van der Waals surface area contributed by atoms with Crippen LogP contribution in [0.15, 0.2) is 66.5 Å². The molecule has 1 amide bonds. The Kier molecular flexibility index (Phi) is 7.78. The van der Waals surface area contributed by atoms with Crippen LogP contribution in [-0.2, 0) is 22.6 Å². The first-order chi connectivity index (χ1) is 19.3. The fourth-order valence-electron chi connectivity index (χ4n) is 5.18. The lowest BCUT2D eigenvalue weighted by molar-refractivity contribution is -0.140. The van der Waals surface area contributed by atoms with Gasteiger partial charge in [-0.3, -0.25) is 14.6 Å². The summed E-state index contributed by atoms with van der Waals surface area (Å²) in [5.74, 6) is 0.670. The average molecular weight is 543 g/mol. The summed E-state index contributed by atoms with van der Waals surface area (Å²) in [6, 6.07) is 13.5. The van der Waals surface area contributed by atoms with Crippen molar-refractivity contribution in [3.8, 4) is 17.2 Å². The molecule has 2 aliphatic rings. The highest BCUT2D eigenvalue weighted by Gasteiger charge is 2.46. The first-order valence-corrected chi connectivity index (χ1v) is 13.5. The van der Waals surface area contributed by atoms with Gasteiger partial charge in [-0.25, -0.2) is 0 Å². The van der Waals surface area contributed by atoms with Crippen LogP contribution in [0.3, 0.4) is 0 Å².